The van der Waals surface area contributed by atoms with Gasteiger partial charge >= 0.3 is 0 Å². The highest BCUT2D eigenvalue weighted by Gasteiger charge is 2.26. The second-order valence-electron chi connectivity index (χ2n) is 4.99. The number of alkyl halides is 1. The summed E-state index contributed by atoms with van der Waals surface area (Å²) >= 11 is 6.10. The van der Waals surface area contributed by atoms with Crippen LogP contribution in [-0.4, -0.2) is 15.9 Å². The number of pyridine rings is 1. The van der Waals surface area contributed by atoms with Crippen LogP contribution in [0.3, 0.4) is 0 Å². The summed E-state index contributed by atoms with van der Waals surface area (Å²) in [5, 5.41) is 2.98. The van der Waals surface area contributed by atoms with Crippen LogP contribution in [0.15, 0.2) is 23.1 Å². The molecule has 1 aliphatic carbocycles. The molecular weight excluding hydrogens is 264 g/mol. The molecule has 1 heterocycles. The van der Waals surface area contributed by atoms with E-state index in [-0.39, 0.29) is 22.8 Å². The molecular formula is C14H19ClN2O2. The topological polar surface area (TPSA) is 51.1 Å². The summed E-state index contributed by atoms with van der Waals surface area (Å²) in [4.78, 5) is 23.6. The Labute approximate surface area is 117 Å². The molecule has 0 bridgehead atoms. The zero-order chi connectivity index (χ0) is 13.8. The smallest absolute Gasteiger partial charge is 0.250 e. The first-order valence-electron chi connectivity index (χ1n) is 6.75. The van der Waals surface area contributed by atoms with Crippen molar-refractivity contribution in [2.24, 2.45) is 5.92 Å². The summed E-state index contributed by atoms with van der Waals surface area (Å²) < 4.78 is 1.57. The van der Waals surface area contributed by atoms with Gasteiger partial charge in [-0.25, -0.2) is 0 Å². The van der Waals surface area contributed by atoms with E-state index in [9.17, 15) is 9.59 Å². The van der Waals surface area contributed by atoms with Crippen molar-refractivity contribution in [2.45, 2.75) is 44.5 Å². The monoisotopic (exact) mass is 282 g/mol. The number of hydrogen-bond donors (Lipinski definition) is 1. The highest BCUT2D eigenvalue weighted by Crippen LogP contribution is 2.28. The maximum atomic E-state index is 12.1. The number of carbonyl (C=O) groups is 1. The number of hydrogen-bond acceptors (Lipinski definition) is 2. The van der Waals surface area contributed by atoms with Gasteiger partial charge in [-0.2, -0.15) is 0 Å². The lowest BCUT2D eigenvalue weighted by Gasteiger charge is -2.24. The van der Waals surface area contributed by atoms with E-state index < -0.39 is 0 Å². The largest absolute Gasteiger partial charge is 0.325 e. The SMILES string of the molecule is CCn1cc(NC(=O)[C@@H]2CCC[C@H](Cl)C2)ccc1=O. The third kappa shape index (κ3) is 3.60. The Kier molecular flexibility index (Phi) is 4.64. The van der Waals surface area contributed by atoms with Gasteiger partial charge in [0.05, 0.1) is 5.69 Å². The van der Waals surface area contributed by atoms with Gasteiger partial charge in [-0.05, 0) is 32.3 Å². The van der Waals surface area contributed by atoms with E-state index in [4.69, 9.17) is 11.6 Å². The lowest BCUT2D eigenvalue weighted by atomic mass is 9.88. The average Bonchev–Trinajstić information content (AvgIpc) is 2.41. The minimum absolute atomic E-state index is 0.00616. The molecule has 1 aliphatic rings. The Morgan fingerprint density at radius 1 is 1.47 bits per heavy atom. The molecule has 104 valence electrons. The molecule has 1 fully saturated rings. The van der Waals surface area contributed by atoms with Crippen LogP contribution in [0.1, 0.15) is 32.6 Å². The first kappa shape index (κ1) is 14.1. The lowest BCUT2D eigenvalue weighted by Crippen LogP contribution is -2.29. The average molecular weight is 283 g/mol. The number of aryl methyl sites for hydroxylation is 1. The number of amides is 1. The molecule has 19 heavy (non-hydrogen) atoms. The van der Waals surface area contributed by atoms with Crippen molar-refractivity contribution >= 4 is 23.2 Å². The first-order valence-corrected chi connectivity index (χ1v) is 7.19. The Morgan fingerprint density at radius 3 is 2.95 bits per heavy atom. The second kappa shape index (κ2) is 6.24. The van der Waals surface area contributed by atoms with Gasteiger partial charge in [0.2, 0.25) is 5.91 Å². The molecule has 2 atom stereocenters. The number of carbonyl (C=O) groups excluding carboxylic acids is 1. The quantitative estimate of drug-likeness (QED) is 0.867. The van der Waals surface area contributed by atoms with Crippen LogP contribution in [0.2, 0.25) is 0 Å². The molecule has 1 saturated carbocycles. The second-order valence-corrected chi connectivity index (χ2v) is 5.61. The zero-order valence-corrected chi connectivity index (χ0v) is 11.8. The van der Waals surface area contributed by atoms with Gasteiger partial charge < -0.3 is 9.88 Å². The van der Waals surface area contributed by atoms with E-state index in [1.54, 1.807) is 16.8 Å². The number of nitrogens with one attached hydrogen (secondary N) is 1. The van der Waals surface area contributed by atoms with E-state index >= 15 is 0 Å². The van der Waals surface area contributed by atoms with Crippen LogP contribution in [0.4, 0.5) is 5.69 Å². The first-order chi connectivity index (χ1) is 9.10. The van der Waals surface area contributed by atoms with Gasteiger partial charge in [0.25, 0.3) is 5.56 Å². The summed E-state index contributed by atoms with van der Waals surface area (Å²) in [6.45, 7) is 2.49. The van der Waals surface area contributed by atoms with E-state index in [0.29, 0.717) is 12.2 Å². The van der Waals surface area contributed by atoms with Gasteiger partial charge in [-0.3, -0.25) is 9.59 Å². The Morgan fingerprint density at radius 2 is 2.26 bits per heavy atom. The maximum absolute atomic E-state index is 12.1. The van der Waals surface area contributed by atoms with Gasteiger partial charge in [0.1, 0.15) is 0 Å². The van der Waals surface area contributed by atoms with E-state index in [1.165, 1.54) is 6.07 Å². The molecule has 0 aromatic carbocycles. The standard InChI is InChI=1S/C14H19ClN2O2/c1-2-17-9-12(6-7-13(17)18)16-14(19)10-4-3-5-11(15)8-10/h6-7,9-11H,2-5,8H2,1H3,(H,16,19)/t10-,11+/m1/s1. The Bertz CT molecular complexity index is 512. The van der Waals surface area contributed by atoms with E-state index in [1.807, 2.05) is 6.92 Å². The predicted octanol–water partition coefficient (Wildman–Crippen LogP) is 2.60. The summed E-state index contributed by atoms with van der Waals surface area (Å²) in [5.74, 6) is -0.00935. The normalized spacial score (nSPS) is 23.1. The fourth-order valence-corrected chi connectivity index (χ4v) is 2.83. The van der Waals surface area contributed by atoms with Crippen molar-refractivity contribution in [1.29, 1.82) is 0 Å². The molecule has 4 nitrogen and oxygen atoms in total. The van der Waals surface area contributed by atoms with E-state index in [2.05, 4.69) is 5.32 Å². The fourth-order valence-electron chi connectivity index (χ4n) is 2.47. The number of halogens is 1. The highest BCUT2D eigenvalue weighted by molar-refractivity contribution is 6.20. The van der Waals surface area contributed by atoms with Crippen molar-refractivity contribution in [3.63, 3.8) is 0 Å². The van der Waals surface area contributed by atoms with Crippen molar-refractivity contribution in [3.05, 3.63) is 28.7 Å². The summed E-state index contributed by atoms with van der Waals surface area (Å²) in [7, 11) is 0. The predicted molar refractivity (Wildman–Crippen MR) is 76.6 cm³/mol. The molecule has 0 unspecified atom stereocenters. The summed E-state index contributed by atoms with van der Waals surface area (Å²) in [5.41, 5.74) is 0.613. The van der Waals surface area contributed by atoms with Crippen LogP contribution < -0.4 is 10.9 Å². The molecule has 2 rings (SSSR count). The van der Waals surface area contributed by atoms with Crippen molar-refractivity contribution < 1.29 is 4.79 Å². The van der Waals surface area contributed by atoms with Gasteiger partial charge in [-0.1, -0.05) is 6.42 Å². The van der Waals surface area contributed by atoms with Crippen molar-refractivity contribution in [3.8, 4) is 0 Å². The molecule has 5 heteroatoms. The summed E-state index contributed by atoms with van der Waals surface area (Å²) in [6, 6.07) is 3.12. The minimum atomic E-state index is -0.0565. The van der Waals surface area contributed by atoms with Gasteiger partial charge in [0.15, 0.2) is 0 Å². The van der Waals surface area contributed by atoms with Crippen LogP contribution in [-0.2, 0) is 11.3 Å². The molecule has 1 aromatic rings. The zero-order valence-electron chi connectivity index (χ0n) is 11.1. The van der Waals surface area contributed by atoms with Crippen LogP contribution in [0.25, 0.3) is 0 Å². The maximum Gasteiger partial charge on any atom is 0.250 e. The number of anilines is 1. The number of rotatable bonds is 3. The number of nitrogens with zero attached hydrogens (tertiary/aromatic N) is 1. The highest BCUT2D eigenvalue weighted by atomic mass is 35.5. The summed E-state index contributed by atoms with van der Waals surface area (Å²) in [6.07, 6.45) is 5.30. The van der Waals surface area contributed by atoms with Crippen LogP contribution in [0, 0.1) is 5.92 Å². The third-order valence-electron chi connectivity index (χ3n) is 3.57. The van der Waals surface area contributed by atoms with Gasteiger partial charge in [0, 0.05) is 30.1 Å². The minimum Gasteiger partial charge on any atom is -0.325 e. The van der Waals surface area contributed by atoms with Crippen molar-refractivity contribution in [2.75, 3.05) is 5.32 Å². The molecule has 0 spiro atoms. The molecule has 1 N–H and O–H groups in total. The van der Waals surface area contributed by atoms with Crippen LogP contribution in [0.5, 0.6) is 0 Å². The third-order valence-corrected chi connectivity index (χ3v) is 3.97. The van der Waals surface area contributed by atoms with Crippen molar-refractivity contribution in [1.82, 2.24) is 4.57 Å². The fraction of sp³-hybridized carbons (Fsp3) is 0.571. The van der Waals surface area contributed by atoms with Gasteiger partial charge in [-0.15, -0.1) is 11.6 Å². The molecule has 0 saturated heterocycles. The molecule has 0 radical (unpaired) electrons. The van der Waals surface area contributed by atoms with Crippen LogP contribution >= 0.6 is 11.6 Å². The Balaban J connectivity index is 2.04. The molecule has 0 aliphatic heterocycles. The molecule has 1 aromatic heterocycles. The Hall–Kier alpha value is -1.29. The number of aromatic nitrogens is 1. The molecule has 1 amide bonds. The van der Waals surface area contributed by atoms with E-state index in [0.717, 1.165) is 25.7 Å². The lowest BCUT2D eigenvalue weighted by molar-refractivity contribution is -0.120.